The van der Waals surface area contributed by atoms with Crippen molar-refractivity contribution in [2.45, 2.75) is 19.8 Å². The molecule has 1 heterocycles. The zero-order valence-electron chi connectivity index (χ0n) is 12.6. The number of halogens is 1. The summed E-state index contributed by atoms with van der Waals surface area (Å²) in [4.78, 5) is 23.2. The second-order valence-electron chi connectivity index (χ2n) is 5.05. The lowest BCUT2D eigenvalue weighted by Gasteiger charge is -2.06. The number of carbonyl (C=O) groups is 2. The van der Waals surface area contributed by atoms with E-state index in [1.54, 1.807) is 13.0 Å². The zero-order valence-corrected chi connectivity index (χ0v) is 13.4. The van der Waals surface area contributed by atoms with Crippen LogP contribution in [0.1, 0.15) is 25.3 Å². The van der Waals surface area contributed by atoms with Gasteiger partial charge in [-0.2, -0.15) is 10.2 Å². The predicted molar refractivity (Wildman–Crippen MR) is 90.9 cm³/mol. The molecule has 0 radical (unpaired) electrons. The van der Waals surface area contributed by atoms with Crippen LogP contribution in [0.3, 0.4) is 0 Å². The van der Waals surface area contributed by atoms with Crippen molar-refractivity contribution >= 4 is 41.4 Å². The Morgan fingerprint density at radius 2 is 2.17 bits per heavy atom. The van der Waals surface area contributed by atoms with Gasteiger partial charge in [0.2, 0.25) is 11.8 Å². The maximum absolute atomic E-state index is 11.7. The van der Waals surface area contributed by atoms with Gasteiger partial charge in [-0.1, -0.05) is 41.9 Å². The first-order valence-electron chi connectivity index (χ1n) is 7.14. The number of nitrogens with zero attached hydrogens (tertiary/aromatic N) is 2. The van der Waals surface area contributed by atoms with Crippen molar-refractivity contribution in [3.63, 3.8) is 0 Å². The fourth-order valence-corrected chi connectivity index (χ4v) is 2.25. The number of benzene rings is 1. The number of hydrazone groups is 2. The molecule has 7 heteroatoms. The molecule has 0 saturated heterocycles. The Balaban J connectivity index is 1.77. The summed E-state index contributed by atoms with van der Waals surface area (Å²) < 4.78 is 0. The van der Waals surface area contributed by atoms with E-state index in [-0.39, 0.29) is 24.2 Å². The average Bonchev–Trinajstić information content (AvgIpc) is 2.85. The Hall–Kier alpha value is -2.47. The summed E-state index contributed by atoms with van der Waals surface area (Å²) in [5, 5.41) is 8.03. The summed E-state index contributed by atoms with van der Waals surface area (Å²) in [6, 6.07) is 9.53. The van der Waals surface area contributed by atoms with Gasteiger partial charge in [0.05, 0.1) is 17.2 Å². The molecule has 0 spiro atoms. The van der Waals surface area contributed by atoms with E-state index in [1.807, 2.05) is 30.3 Å². The summed E-state index contributed by atoms with van der Waals surface area (Å²) >= 11 is 6.01. The van der Waals surface area contributed by atoms with Crippen LogP contribution in [0.25, 0.3) is 6.08 Å². The topological polar surface area (TPSA) is 82.9 Å². The Labute approximate surface area is 139 Å². The molecule has 0 aromatic heterocycles. The maximum atomic E-state index is 11.7. The molecule has 0 fully saturated rings. The van der Waals surface area contributed by atoms with Gasteiger partial charge in [0.1, 0.15) is 0 Å². The number of amides is 2. The van der Waals surface area contributed by atoms with Gasteiger partial charge in [-0.3, -0.25) is 9.59 Å². The smallest absolute Gasteiger partial charge is 0.248 e. The fraction of sp³-hybridized carbons (Fsp3) is 0.250. The van der Waals surface area contributed by atoms with Crippen LogP contribution in [0.2, 0.25) is 0 Å². The number of rotatable bonds is 6. The van der Waals surface area contributed by atoms with Crippen LogP contribution in [0, 0.1) is 5.92 Å². The maximum Gasteiger partial charge on any atom is 0.248 e. The van der Waals surface area contributed by atoms with Gasteiger partial charge >= 0.3 is 0 Å². The molecule has 6 nitrogen and oxygen atoms in total. The number of hydrogen-bond acceptors (Lipinski definition) is 4. The van der Waals surface area contributed by atoms with E-state index in [4.69, 9.17) is 11.6 Å². The van der Waals surface area contributed by atoms with E-state index in [1.165, 1.54) is 6.21 Å². The van der Waals surface area contributed by atoms with Crippen molar-refractivity contribution < 1.29 is 9.59 Å². The third-order valence-corrected chi connectivity index (χ3v) is 3.51. The van der Waals surface area contributed by atoms with Gasteiger partial charge in [0, 0.05) is 12.1 Å². The quantitative estimate of drug-likeness (QED) is 0.618. The van der Waals surface area contributed by atoms with Crippen molar-refractivity contribution in [1.82, 2.24) is 10.9 Å². The molecule has 1 unspecified atom stereocenters. The highest BCUT2D eigenvalue weighted by Gasteiger charge is 2.26. The molecule has 1 atom stereocenters. The SMILES string of the molecule is CC1=NNC(=O)C1CCC(=O)NN=CC(Cl)=Cc1ccccc1. The van der Waals surface area contributed by atoms with Crippen molar-refractivity contribution in [2.24, 2.45) is 16.1 Å². The minimum atomic E-state index is -0.341. The van der Waals surface area contributed by atoms with E-state index in [2.05, 4.69) is 21.1 Å². The molecule has 23 heavy (non-hydrogen) atoms. The lowest BCUT2D eigenvalue weighted by atomic mass is 9.99. The van der Waals surface area contributed by atoms with Gasteiger partial charge < -0.3 is 0 Å². The minimum absolute atomic E-state index is 0.173. The van der Waals surface area contributed by atoms with Crippen LogP contribution in [-0.4, -0.2) is 23.7 Å². The van der Waals surface area contributed by atoms with Crippen molar-refractivity contribution in [2.75, 3.05) is 0 Å². The molecule has 0 bridgehead atoms. The van der Waals surface area contributed by atoms with Gasteiger partial charge in [-0.15, -0.1) is 0 Å². The summed E-state index contributed by atoms with van der Waals surface area (Å²) in [6.45, 7) is 1.76. The molecular formula is C16H17ClN4O2. The molecule has 120 valence electrons. The van der Waals surface area contributed by atoms with Crippen LogP contribution in [0.15, 0.2) is 45.6 Å². The largest absolute Gasteiger partial charge is 0.273 e. The lowest BCUT2D eigenvalue weighted by Crippen LogP contribution is -2.25. The monoisotopic (exact) mass is 332 g/mol. The number of carbonyl (C=O) groups excluding carboxylic acids is 2. The molecule has 0 saturated carbocycles. The Kier molecular flexibility index (Phi) is 6.05. The predicted octanol–water partition coefficient (Wildman–Crippen LogP) is 2.27. The van der Waals surface area contributed by atoms with Crippen LogP contribution >= 0.6 is 11.6 Å². The van der Waals surface area contributed by atoms with Crippen molar-refractivity contribution in [3.05, 3.63) is 40.9 Å². The van der Waals surface area contributed by atoms with Crippen LogP contribution in [0.5, 0.6) is 0 Å². The van der Waals surface area contributed by atoms with Gasteiger partial charge in [-0.05, 0) is 25.0 Å². The highest BCUT2D eigenvalue weighted by Crippen LogP contribution is 2.13. The number of hydrogen-bond donors (Lipinski definition) is 2. The van der Waals surface area contributed by atoms with Crippen molar-refractivity contribution in [3.8, 4) is 0 Å². The second kappa shape index (κ2) is 8.24. The summed E-state index contributed by atoms with van der Waals surface area (Å²) in [5.74, 6) is -0.795. The zero-order chi connectivity index (χ0) is 16.7. The molecule has 1 aromatic carbocycles. The molecule has 2 N–H and O–H groups in total. The Bertz CT molecular complexity index is 668. The highest BCUT2D eigenvalue weighted by atomic mass is 35.5. The van der Waals surface area contributed by atoms with Crippen LogP contribution < -0.4 is 10.9 Å². The molecule has 1 aromatic rings. The number of allylic oxidation sites excluding steroid dienone is 1. The third-order valence-electron chi connectivity index (χ3n) is 3.30. The molecule has 1 aliphatic rings. The normalized spacial score (nSPS) is 18.0. The van der Waals surface area contributed by atoms with E-state index in [9.17, 15) is 9.59 Å². The van der Waals surface area contributed by atoms with Gasteiger partial charge in [-0.25, -0.2) is 10.9 Å². The molecule has 0 aliphatic carbocycles. The van der Waals surface area contributed by atoms with E-state index >= 15 is 0 Å². The standard InChI is InChI=1S/C16H17ClN4O2/c1-11-14(16(23)21-19-11)7-8-15(22)20-18-10-13(17)9-12-5-3-2-4-6-12/h2-6,9-10,14H,7-8H2,1H3,(H,20,22)(H,21,23). The average molecular weight is 333 g/mol. The Morgan fingerprint density at radius 3 is 2.83 bits per heavy atom. The van der Waals surface area contributed by atoms with E-state index in [0.29, 0.717) is 17.2 Å². The van der Waals surface area contributed by atoms with Gasteiger partial charge in [0.15, 0.2) is 0 Å². The van der Waals surface area contributed by atoms with E-state index in [0.717, 1.165) is 5.56 Å². The first-order valence-corrected chi connectivity index (χ1v) is 7.52. The molecule has 2 amide bonds. The minimum Gasteiger partial charge on any atom is -0.273 e. The second-order valence-corrected chi connectivity index (χ2v) is 5.49. The molecule has 1 aliphatic heterocycles. The van der Waals surface area contributed by atoms with E-state index < -0.39 is 0 Å². The Morgan fingerprint density at radius 1 is 1.43 bits per heavy atom. The first kappa shape index (κ1) is 16.9. The third kappa shape index (κ3) is 5.34. The van der Waals surface area contributed by atoms with Crippen molar-refractivity contribution in [1.29, 1.82) is 0 Å². The summed E-state index contributed by atoms with van der Waals surface area (Å²) in [6.07, 6.45) is 3.68. The van der Waals surface area contributed by atoms with Crippen LogP contribution in [-0.2, 0) is 9.59 Å². The highest BCUT2D eigenvalue weighted by molar-refractivity contribution is 6.41. The van der Waals surface area contributed by atoms with Gasteiger partial charge in [0.25, 0.3) is 0 Å². The van der Waals surface area contributed by atoms with Crippen LogP contribution in [0.4, 0.5) is 0 Å². The first-order chi connectivity index (χ1) is 11.1. The fourth-order valence-electron chi connectivity index (χ4n) is 2.07. The summed E-state index contributed by atoms with van der Waals surface area (Å²) in [7, 11) is 0. The molecule has 2 rings (SSSR count). The lowest BCUT2D eigenvalue weighted by molar-refractivity contribution is -0.123. The summed E-state index contributed by atoms with van der Waals surface area (Å²) in [5.41, 5.74) is 6.41. The number of nitrogens with one attached hydrogen (secondary N) is 2. The molecular weight excluding hydrogens is 316 g/mol.